The van der Waals surface area contributed by atoms with E-state index in [9.17, 15) is 4.39 Å². The SMILES string of the molecule is CCNC(Cc1ccc(Cl)c(F)c1)c1cncc(Br)c1. The van der Waals surface area contributed by atoms with Gasteiger partial charge in [0.2, 0.25) is 0 Å². The molecule has 2 nitrogen and oxygen atoms in total. The molecule has 0 aliphatic heterocycles. The first-order valence-corrected chi connectivity index (χ1v) is 7.55. The average molecular weight is 358 g/mol. The molecule has 0 aliphatic carbocycles. The zero-order valence-electron chi connectivity index (χ0n) is 11.0. The molecule has 0 bridgehead atoms. The number of halogens is 3. The third-order valence-corrected chi connectivity index (χ3v) is 3.74. The molecule has 1 N–H and O–H groups in total. The molecule has 0 fully saturated rings. The van der Waals surface area contributed by atoms with Gasteiger partial charge in [0.05, 0.1) is 5.02 Å². The van der Waals surface area contributed by atoms with E-state index in [-0.39, 0.29) is 16.9 Å². The number of hydrogen-bond donors (Lipinski definition) is 1. The largest absolute Gasteiger partial charge is 0.310 e. The van der Waals surface area contributed by atoms with Crippen molar-refractivity contribution in [2.75, 3.05) is 6.54 Å². The monoisotopic (exact) mass is 356 g/mol. The number of benzene rings is 1. The lowest BCUT2D eigenvalue weighted by atomic mass is 10.00. The molecular weight excluding hydrogens is 343 g/mol. The first-order chi connectivity index (χ1) is 9.60. The number of likely N-dealkylation sites (N-methyl/N-ethyl adjacent to an activating group) is 1. The van der Waals surface area contributed by atoms with Crippen molar-refractivity contribution < 1.29 is 4.39 Å². The van der Waals surface area contributed by atoms with Crippen molar-refractivity contribution in [1.82, 2.24) is 10.3 Å². The van der Waals surface area contributed by atoms with E-state index in [1.807, 2.05) is 25.3 Å². The molecule has 1 unspecified atom stereocenters. The Kier molecular flexibility index (Phi) is 5.52. The molecule has 1 aromatic carbocycles. The summed E-state index contributed by atoms with van der Waals surface area (Å²) in [6, 6.07) is 7.03. The Morgan fingerprint density at radius 3 is 2.80 bits per heavy atom. The minimum absolute atomic E-state index is 0.0885. The number of nitrogens with one attached hydrogen (secondary N) is 1. The normalized spacial score (nSPS) is 12.4. The third-order valence-electron chi connectivity index (χ3n) is 3.00. The summed E-state index contributed by atoms with van der Waals surface area (Å²) >= 11 is 9.13. The first-order valence-electron chi connectivity index (χ1n) is 6.38. The topological polar surface area (TPSA) is 24.9 Å². The van der Waals surface area contributed by atoms with Gasteiger partial charge in [-0.25, -0.2) is 4.39 Å². The van der Waals surface area contributed by atoms with Gasteiger partial charge < -0.3 is 5.32 Å². The molecule has 0 radical (unpaired) electrons. The molecule has 1 heterocycles. The molecule has 2 rings (SSSR count). The fraction of sp³-hybridized carbons (Fsp3) is 0.267. The Balaban J connectivity index is 2.22. The van der Waals surface area contributed by atoms with Crippen LogP contribution in [0.25, 0.3) is 0 Å². The van der Waals surface area contributed by atoms with Crippen molar-refractivity contribution in [2.45, 2.75) is 19.4 Å². The highest BCUT2D eigenvalue weighted by atomic mass is 79.9. The predicted molar refractivity (Wildman–Crippen MR) is 83.5 cm³/mol. The predicted octanol–water partition coefficient (Wildman–Crippen LogP) is 4.53. The molecule has 106 valence electrons. The van der Waals surface area contributed by atoms with Crippen LogP contribution in [0.5, 0.6) is 0 Å². The van der Waals surface area contributed by atoms with Gasteiger partial charge in [-0.3, -0.25) is 4.98 Å². The van der Waals surface area contributed by atoms with Crippen molar-refractivity contribution in [1.29, 1.82) is 0 Å². The van der Waals surface area contributed by atoms with Gasteiger partial charge in [-0.15, -0.1) is 0 Å². The minimum atomic E-state index is -0.383. The Hall–Kier alpha value is -0.970. The second kappa shape index (κ2) is 7.16. The summed E-state index contributed by atoms with van der Waals surface area (Å²) in [4.78, 5) is 4.18. The van der Waals surface area contributed by atoms with E-state index < -0.39 is 0 Å². The van der Waals surface area contributed by atoms with Crippen LogP contribution in [0.15, 0.2) is 41.1 Å². The van der Waals surface area contributed by atoms with E-state index in [1.54, 1.807) is 12.3 Å². The molecule has 2 aromatic rings. The van der Waals surface area contributed by atoms with Gasteiger partial charge in [-0.1, -0.05) is 24.6 Å². The highest BCUT2D eigenvalue weighted by Gasteiger charge is 2.13. The smallest absolute Gasteiger partial charge is 0.142 e. The number of nitrogens with zero attached hydrogens (tertiary/aromatic N) is 1. The zero-order chi connectivity index (χ0) is 14.5. The van der Waals surface area contributed by atoms with Crippen LogP contribution in [0.2, 0.25) is 5.02 Å². The Morgan fingerprint density at radius 1 is 1.35 bits per heavy atom. The Labute approximate surface area is 131 Å². The zero-order valence-corrected chi connectivity index (χ0v) is 13.4. The summed E-state index contributed by atoms with van der Waals surface area (Å²) in [6.07, 6.45) is 4.25. The van der Waals surface area contributed by atoms with Gasteiger partial charge in [-0.2, -0.15) is 0 Å². The highest BCUT2D eigenvalue weighted by Crippen LogP contribution is 2.23. The van der Waals surface area contributed by atoms with Crippen LogP contribution in [0.1, 0.15) is 24.1 Å². The lowest BCUT2D eigenvalue weighted by Crippen LogP contribution is -2.23. The number of rotatable bonds is 5. The highest BCUT2D eigenvalue weighted by molar-refractivity contribution is 9.10. The van der Waals surface area contributed by atoms with E-state index in [0.717, 1.165) is 22.1 Å². The van der Waals surface area contributed by atoms with Crippen LogP contribution in [0.3, 0.4) is 0 Å². The second-order valence-corrected chi connectivity index (χ2v) is 5.82. The van der Waals surface area contributed by atoms with Gasteiger partial charge in [0.25, 0.3) is 0 Å². The van der Waals surface area contributed by atoms with E-state index in [0.29, 0.717) is 6.42 Å². The molecule has 1 aromatic heterocycles. The van der Waals surface area contributed by atoms with Crippen molar-refractivity contribution in [3.8, 4) is 0 Å². The molecule has 5 heteroatoms. The number of pyridine rings is 1. The van der Waals surface area contributed by atoms with Crippen LogP contribution >= 0.6 is 27.5 Å². The van der Waals surface area contributed by atoms with Crippen molar-refractivity contribution >= 4 is 27.5 Å². The summed E-state index contributed by atoms with van der Waals surface area (Å²) in [6.45, 7) is 2.87. The molecular formula is C15H15BrClFN2. The summed E-state index contributed by atoms with van der Waals surface area (Å²) in [7, 11) is 0. The summed E-state index contributed by atoms with van der Waals surface area (Å²) in [5, 5.41) is 3.54. The maximum absolute atomic E-state index is 13.5. The molecule has 0 saturated carbocycles. The van der Waals surface area contributed by atoms with E-state index in [1.165, 1.54) is 6.07 Å². The van der Waals surface area contributed by atoms with Gasteiger partial charge in [0, 0.05) is 22.9 Å². The maximum Gasteiger partial charge on any atom is 0.142 e. The molecule has 0 amide bonds. The quantitative estimate of drug-likeness (QED) is 0.850. The van der Waals surface area contributed by atoms with E-state index in [4.69, 9.17) is 11.6 Å². The Morgan fingerprint density at radius 2 is 2.15 bits per heavy atom. The second-order valence-electron chi connectivity index (χ2n) is 4.50. The van der Waals surface area contributed by atoms with Gasteiger partial charge in [0.15, 0.2) is 0 Å². The minimum Gasteiger partial charge on any atom is -0.310 e. The van der Waals surface area contributed by atoms with E-state index >= 15 is 0 Å². The van der Waals surface area contributed by atoms with Gasteiger partial charge in [-0.05, 0) is 58.2 Å². The first kappa shape index (κ1) is 15.4. The maximum atomic E-state index is 13.5. The van der Waals surface area contributed by atoms with Crippen LogP contribution in [0.4, 0.5) is 4.39 Å². The van der Waals surface area contributed by atoms with Crippen LogP contribution in [-0.4, -0.2) is 11.5 Å². The van der Waals surface area contributed by atoms with Crippen LogP contribution in [0, 0.1) is 5.82 Å². The molecule has 1 atom stereocenters. The molecule has 0 spiro atoms. The van der Waals surface area contributed by atoms with Crippen molar-refractivity contribution in [3.63, 3.8) is 0 Å². The summed E-state index contributed by atoms with van der Waals surface area (Å²) in [5.41, 5.74) is 1.97. The average Bonchev–Trinajstić information content (AvgIpc) is 2.42. The molecule has 0 aliphatic rings. The van der Waals surface area contributed by atoms with Crippen LogP contribution in [-0.2, 0) is 6.42 Å². The van der Waals surface area contributed by atoms with E-state index in [2.05, 4.69) is 26.2 Å². The van der Waals surface area contributed by atoms with Gasteiger partial charge >= 0.3 is 0 Å². The van der Waals surface area contributed by atoms with Gasteiger partial charge in [0.1, 0.15) is 5.82 Å². The molecule has 20 heavy (non-hydrogen) atoms. The lowest BCUT2D eigenvalue weighted by molar-refractivity contribution is 0.545. The molecule has 0 saturated heterocycles. The fourth-order valence-corrected chi connectivity index (χ4v) is 2.58. The standard InChI is InChI=1S/C15H15BrClFN2/c1-2-20-15(11-7-12(16)9-19-8-11)6-10-3-4-13(17)14(18)5-10/h3-5,7-9,15,20H,2,6H2,1H3. The van der Waals surface area contributed by atoms with Crippen molar-refractivity contribution in [3.05, 3.63) is 63.1 Å². The summed E-state index contributed by atoms with van der Waals surface area (Å²) < 4.78 is 14.4. The fourth-order valence-electron chi connectivity index (χ4n) is 2.08. The lowest BCUT2D eigenvalue weighted by Gasteiger charge is -2.18. The number of aromatic nitrogens is 1. The number of hydrogen-bond acceptors (Lipinski definition) is 2. The van der Waals surface area contributed by atoms with Crippen molar-refractivity contribution in [2.24, 2.45) is 0 Å². The van der Waals surface area contributed by atoms with Crippen LogP contribution < -0.4 is 5.32 Å². The Bertz CT molecular complexity index is 592. The third kappa shape index (κ3) is 4.01. The summed E-state index contributed by atoms with van der Waals surface area (Å²) in [5.74, 6) is -0.383.